The average Bonchev–Trinajstić information content (AvgIpc) is 3.39. The second kappa shape index (κ2) is 9.94. The van der Waals surface area contributed by atoms with Crippen molar-refractivity contribution in [3.63, 3.8) is 0 Å². The van der Waals surface area contributed by atoms with Crippen molar-refractivity contribution in [2.24, 2.45) is 0 Å². The highest BCUT2D eigenvalue weighted by molar-refractivity contribution is 8.01. The molecule has 30 heavy (non-hydrogen) atoms. The molecule has 0 aliphatic heterocycles. The standard InChI is InChI=1S/C21H15Cl2N3OS3/c22-16-7-6-13(9-17(16)23)8-15-10-24-20(30-15)26-19(27)12-29-21-25-18(11-28-21)14-4-2-1-3-5-14/h1-7,9-11H,8,12H2,(H,24,26,27). The summed E-state index contributed by atoms with van der Waals surface area (Å²) in [4.78, 5) is 22.2. The first-order chi connectivity index (χ1) is 14.6. The molecule has 4 nitrogen and oxygen atoms in total. The van der Waals surface area contributed by atoms with Gasteiger partial charge in [-0.05, 0) is 17.7 Å². The lowest BCUT2D eigenvalue weighted by Crippen LogP contribution is -2.13. The summed E-state index contributed by atoms with van der Waals surface area (Å²) in [5.41, 5.74) is 3.04. The molecule has 2 aromatic heterocycles. The summed E-state index contributed by atoms with van der Waals surface area (Å²) in [5, 5.41) is 6.51. The fourth-order valence-electron chi connectivity index (χ4n) is 2.65. The second-order valence-electron chi connectivity index (χ2n) is 6.26. The first-order valence-electron chi connectivity index (χ1n) is 8.89. The number of thioether (sulfide) groups is 1. The monoisotopic (exact) mass is 491 g/mol. The number of hydrogen-bond acceptors (Lipinski definition) is 6. The Morgan fingerprint density at radius 2 is 1.93 bits per heavy atom. The number of nitrogens with zero attached hydrogens (tertiary/aromatic N) is 2. The van der Waals surface area contributed by atoms with Crippen LogP contribution in [0.15, 0.2) is 64.4 Å². The number of thiazole rings is 2. The van der Waals surface area contributed by atoms with Crippen LogP contribution in [0.1, 0.15) is 10.4 Å². The molecule has 2 aromatic carbocycles. The summed E-state index contributed by atoms with van der Waals surface area (Å²) in [6, 6.07) is 15.5. The molecule has 4 aromatic rings. The van der Waals surface area contributed by atoms with E-state index in [1.54, 1.807) is 12.3 Å². The minimum absolute atomic E-state index is 0.105. The van der Waals surface area contributed by atoms with Crippen molar-refractivity contribution in [1.82, 2.24) is 9.97 Å². The smallest absolute Gasteiger partial charge is 0.236 e. The van der Waals surface area contributed by atoms with E-state index in [1.807, 2.05) is 47.8 Å². The maximum absolute atomic E-state index is 12.3. The lowest BCUT2D eigenvalue weighted by molar-refractivity contribution is -0.113. The second-order valence-corrected chi connectivity index (χ2v) is 10.3. The molecular weight excluding hydrogens is 477 g/mol. The zero-order valence-electron chi connectivity index (χ0n) is 15.5. The van der Waals surface area contributed by atoms with Gasteiger partial charge in [0.2, 0.25) is 5.91 Å². The van der Waals surface area contributed by atoms with Crippen LogP contribution >= 0.6 is 57.6 Å². The Morgan fingerprint density at radius 3 is 2.73 bits per heavy atom. The molecule has 0 radical (unpaired) electrons. The number of carbonyl (C=O) groups excluding carboxylic acids is 1. The predicted molar refractivity (Wildman–Crippen MR) is 128 cm³/mol. The molecule has 0 aliphatic rings. The van der Waals surface area contributed by atoms with Crippen LogP contribution in [0.25, 0.3) is 11.3 Å². The normalized spacial score (nSPS) is 10.9. The van der Waals surface area contributed by atoms with Crippen LogP contribution in [0.3, 0.4) is 0 Å². The summed E-state index contributed by atoms with van der Waals surface area (Å²) in [7, 11) is 0. The molecule has 1 amide bonds. The van der Waals surface area contributed by atoms with Gasteiger partial charge in [0.05, 0.1) is 21.5 Å². The van der Waals surface area contributed by atoms with Crippen LogP contribution in [0.4, 0.5) is 5.13 Å². The molecule has 0 saturated heterocycles. The van der Waals surface area contributed by atoms with Crippen molar-refractivity contribution in [3.8, 4) is 11.3 Å². The molecule has 1 N–H and O–H groups in total. The maximum atomic E-state index is 12.3. The zero-order chi connectivity index (χ0) is 20.9. The molecule has 4 rings (SSSR count). The highest BCUT2D eigenvalue weighted by atomic mass is 35.5. The van der Waals surface area contributed by atoms with Crippen LogP contribution in [0.5, 0.6) is 0 Å². The van der Waals surface area contributed by atoms with Gasteiger partial charge in [0, 0.05) is 28.4 Å². The van der Waals surface area contributed by atoms with E-state index in [9.17, 15) is 4.79 Å². The topological polar surface area (TPSA) is 54.9 Å². The molecule has 0 aliphatic carbocycles. The van der Waals surface area contributed by atoms with E-state index in [2.05, 4.69) is 15.3 Å². The van der Waals surface area contributed by atoms with Crippen molar-refractivity contribution in [1.29, 1.82) is 0 Å². The molecule has 152 valence electrons. The maximum Gasteiger partial charge on any atom is 0.236 e. The average molecular weight is 492 g/mol. The van der Waals surface area contributed by atoms with Crippen LogP contribution in [-0.4, -0.2) is 21.6 Å². The molecular formula is C21H15Cl2N3OS3. The first-order valence-corrected chi connectivity index (χ1v) is 12.3. The Hall–Kier alpha value is -1.90. The first kappa shape index (κ1) is 21.3. The van der Waals surface area contributed by atoms with Gasteiger partial charge < -0.3 is 5.32 Å². The highest BCUT2D eigenvalue weighted by Crippen LogP contribution is 2.29. The zero-order valence-corrected chi connectivity index (χ0v) is 19.4. The lowest BCUT2D eigenvalue weighted by Gasteiger charge is -2.01. The predicted octanol–water partition coefficient (Wildman–Crippen LogP) is 6.90. The van der Waals surface area contributed by atoms with E-state index in [4.69, 9.17) is 23.2 Å². The van der Waals surface area contributed by atoms with E-state index in [0.29, 0.717) is 21.6 Å². The number of anilines is 1. The van der Waals surface area contributed by atoms with Crippen LogP contribution in [0, 0.1) is 0 Å². The van der Waals surface area contributed by atoms with Crippen molar-refractivity contribution >= 4 is 68.7 Å². The molecule has 9 heteroatoms. The van der Waals surface area contributed by atoms with E-state index < -0.39 is 0 Å². The summed E-state index contributed by atoms with van der Waals surface area (Å²) in [6.45, 7) is 0. The minimum Gasteiger partial charge on any atom is -0.301 e. The molecule has 0 saturated carbocycles. The third-order valence-electron chi connectivity index (χ3n) is 4.04. The fraction of sp³-hybridized carbons (Fsp3) is 0.0952. The van der Waals surface area contributed by atoms with Gasteiger partial charge in [-0.25, -0.2) is 9.97 Å². The molecule has 0 spiro atoms. The van der Waals surface area contributed by atoms with Crippen molar-refractivity contribution in [2.75, 3.05) is 11.1 Å². The summed E-state index contributed by atoms with van der Waals surface area (Å²) < 4.78 is 0.864. The minimum atomic E-state index is -0.105. The van der Waals surface area contributed by atoms with Gasteiger partial charge in [0.15, 0.2) is 9.47 Å². The third-order valence-corrected chi connectivity index (χ3v) is 7.71. The summed E-state index contributed by atoms with van der Waals surface area (Å²) in [6.07, 6.45) is 2.45. The number of carbonyl (C=O) groups is 1. The van der Waals surface area contributed by atoms with E-state index >= 15 is 0 Å². The van der Waals surface area contributed by atoms with Gasteiger partial charge in [-0.15, -0.1) is 22.7 Å². The van der Waals surface area contributed by atoms with Crippen molar-refractivity contribution in [3.05, 3.63) is 80.6 Å². The molecule has 0 unspecified atom stereocenters. The van der Waals surface area contributed by atoms with E-state index in [1.165, 1.54) is 34.4 Å². The molecule has 2 heterocycles. The van der Waals surface area contributed by atoms with Gasteiger partial charge in [-0.3, -0.25) is 4.79 Å². The van der Waals surface area contributed by atoms with Crippen molar-refractivity contribution < 1.29 is 4.79 Å². The highest BCUT2D eigenvalue weighted by Gasteiger charge is 2.11. The van der Waals surface area contributed by atoms with Gasteiger partial charge >= 0.3 is 0 Å². The Balaban J connectivity index is 1.29. The Kier molecular flexibility index (Phi) is 7.07. The number of rotatable bonds is 7. The largest absolute Gasteiger partial charge is 0.301 e. The Labute approximate surface area is 196 Å². The number of nitrogens with one attached hydrogen (secondary N) is 1. The number of aromatic nitrogens is 2. The van der Waals surface area contributed by atoms with E-state index in [-0.39, 0.29) is 11.7 Å². The number of benzene rings is 2. The quantitative estimate of drug-likeness (QED) is 0.285. The lowest BCUT2D eigenvalue weighted by atomic mass is 10.1. The van der Waals surface area contributed by atoms with Gasteiger partial charge in [-0.1, -0.05) is 71.4 Å². The molecule has 0 fully saturated rings. The molecule has 0 atom stereocenters. The van der Waals surface area contributed by atoms with Gasteiger partial charge in [0.1, 0.15) is 0 Å². The fourth-order valence-corrected chi connectivity index (χ4v) is 5.46. The number of amides is 1. The van der Waals surface area contributed by atoms with Crippen LogP contribution in [-0.2, 0) is 11.2 Å². The van der Waals surface area contributed by atoms with Gasteiger partial charge in [-0.2, -0.15) is 0 Å². The van der Waals surface area contributed by atoms with Crippen LogP contribution < -0.4 is 5.32 Å². The Bertz CT molecular complexity index is 1160. The Morgan fingerprint density at radius 1 is 1.10 bits per heavy atom. The van der Waals surface area contributed by atoms with Crippen molar-refractivity contribution in [2.45, 2.75) is 10.8 Å². The van der Waals surface area contributed by atoms with Gasteiger partial charge in [0.25, 0.3) is 0 Å². The molecule has 0 bridgehead atoms. The van der Waals surface area contributed by atoms with Crippen LogP contribution in [0.2, 0.25) is 10.0 Å². The third kappa shape index (κ3) is 5.62. The number of halogens is 2. The summed E-state index contributed by atoms with van der Waals surface area (Å²) in [5.74, 6) is 0.176. The SMILES string of the molecule is O=C(CSc1nc(-c2ccccc2)cs1)Nc1ncc(Cc2ccc(Cl)c(Cl)c2)s1. The summed E-state index contributed by atoms with van der Waals surface area (Å²) >= 11 is 16.4. The van der Waals surface area contributed by atoms with E-state index in [0.717, 1.165) is 26.0 Å². The number of hydrogen-bond donors (Lipinski definition) is 1.